The minimum absolute atomic E-state index is 0.00409. The van der Waals surface area contributed by atoms with Crippen LogP contribution in [0.4, 0.5) is 11.4 Å². The number of nitrogens with zero attached hydrogens (tertiary/aromatic N) is 4. The minimum atomic E-state index is -0.730. The van der Waals surface area contributed by atoms with Gasteiger partial charge in [0.25, 0.3) is 23.2 Å². The molecule has 0 unspecified atom stereocenters. The second kappa shape index (κ2) is 13.8. The molecule has 202 valence electrons. The van der Waals surface area contributed by atoms with Crippen LogP contribution in [0.1, 0.15) is 20.7 Å². The van der Waals surface area contributed by atoms with Gasteiger partial charge in [-0.05, 0) is 12.1 Å². The maximum atomic E-state index is 12.1. The summed E-state index contributed by atoms with van der Waals surface area (Å²) >= 11 is 3.16. The standard InChI is InChI=1S/C20H16N8O8S3/c29-15(21-23-17(31)11-3-1-5-13(7-11)27(33)34)9-37-19-25-26-20(39-19)38-10-16(30)22-24-18(32)12-4-2-6-14(8-12)28(35)36/h1-8H,9-10H2,(H,21,29)(H,22,30)(H,23,31)(H,24,32). The number of nitrogens with one attached hydrogen (secondary N) is 4. The van der Waals surface area contributed by atoms with Crippen LogP contribution < -0.4 is 21.7 Å². The van der Waals surface area contributed by atoms with Crippen molar-refractivity contribution in [2.24, 2.45) is 0 Å². The summed E-state index contributed by atoms with van der Waals surface area (Å²) in [5.41, 5.74) is 8.17. The molecule has 3 rings (SSSR count). The van der Waals surface area contributed by atoms with Gasteiger partial charge in [-0.15, -0.1) is 10.2 Å². The molecule has 0 saturated heterocycles. The van der Waals surface area contributed by atoms with Crippen molar-refractivity contribution in [1.29, 1.82) is 0 Å². The molecule has 0 aliphatic rings. The zero-order valence-electron chi connectivity index (χ0n) is 19.3. The Bertz CT molecular complexity index is 1330. The van der Waals surface area contributed by atoms with Gasteiger partial charge in [-0.1, -0.05) is 47.0 Å². The van der Waals surface area contributed by atoms with E-state index in [1.54, 1.807) is 0 Å². The summed E-state index contributed by atoms with van der Waals surface area (Å²) in [6.07, 6.45) is 0. The Morgan fingerprint density at radius 1 is 0.718 bits per heavy atom. The molecular weight excluding hydrogens is 576 g/mol. The van der Waals surface area contributed by atoms with E-state index in [1.807, 2.05) is 0 Å². The SMILES string of the molecule is O=C(CSc1nnc(SCC(=O)NNC(=O)c2cccc([N+](=O)[O-])c2)s1)NNC(=O)c1cccc([N+](=O)[O-])c1. The number of nitro benzene ring substituents is 2. The molecule has 0 atom stereocenters. The summed E-state index contributed by atoms with van der Waals surface area (Å²) in [5, 5.41) is 29.4. The molecule has 0 radical (unpaired) electrons. The van der Waals surface area contributed by atoms with Crippen molar-refractivity contribution < 1.29 is 29.0 Å². The highest BCUT2D eigenvalue weighted by Gasteiger charge is 2.15. The van der Waals surface area contributed by atoms with E-state index in [2.05, 4.69) is 31.9 Å². The molecule has 1 aromatic heterocycles. The molecule has 0 bridgehead atoms. The van der Waals surface area contributed by atoms with Gasteiger partial charge in [0.2, 0.25) is 11.8 Å². The predicted octanol–water partition coefficient (Wildman–Crippen LogP) is 1.46. The van der Waals surface area contributed by atoms with Gasteiger partial charge in [0.05, 0.1) is 21.4 Å². The summed E-state index contributed by atoms with van der Waals surface area (Å²) in [6.45, 7) is 0. The summed E-state index contributed by atoms with van der Waals surface area (Å²) in [7, 11) is 0. The van der Waals surface area contributed by atoms with E-state index >= 15 is 0 Å². The van der Waals surface area contributed by atoms with Crippen molar-refractivity contribution in [3.63, 3.8) is 0 Å². The van der Waals surface area contributed by atoms with Gasteiger partial charge < -0.3 is 0 Å². The second-order valence-electron chi connectivity index (χ2n) is 7.03. The maximum absolute atomic E-state index is 12.1. The summed E-state index contributed by atoms with van der Waals surface area (Å²) in [4.78, 5) is 68.5. The van der Waals surface area contributed by atoms with Gasteiger partial charge in [0, 0.05) is 35.4 Å². The lowest BCUT2D eigenvalue weighted by Crippen LogP contribution is -2.42. The Balaban J connectivity index is 1.36. The number of rotatable bonds is 10. The molecule has 4 N–H and O–H groups in total. The van der Waals surface area contributed by atoms with Crippen LogP contribution in [-0.4, -0.2) is 55.2 Å². The van der Waals surface area contributed by atoms with E-state index < -0.39 is 33.5 Å². The summed E-state index contributed by atoms with van der Waals surface area (Å²) < 4.78 is 0.828. The molecule has 0 saturated carbocycles. The maximum Gasteiger partial charge on any atom is 0.270 e. The van der Waals surface area contributed by atoms with Crippen molar-refractivity contribution in [3.05, 3.63) is 79.9 Å². The summed E-state index contributed by atoms with van der Waals surface area (Å²) in [6, 6.07) is 10.0. The molecule has 16 nitrogen and oxygen atoms in total. The lowest BCUT2D eigenvalue weighted by molar-refractivity contribution is -0.385. The first-order valence-corrected chi connectivity index (χ1v) is 13.2. The monoisotopic (exact) mass is 592 g/mol. The Morgan fingerprint density at radius 2 is 1.13 bits per heavy atom. The fourth-order valence-corrected chi connectivity index (χ4v) is 5.18. The Hall–Kier alpha value is -4.62. The number of hydrogen-bond acceptors (Lipinski definition) is 13. The van der Waals surface area contributed by atoms with E-state index in [0.29, 0.717) is 8.68 Å². The van der Waals surface area contributed by atoms with Crippen molar-refractivity contribution >= 4 is 69.9 Å². The van der Waals surface area contributed by atoms with E-state index in [-0.39, 0.29) is 34.0 Å². The largest absolute Gasteiger partial charge is 0.272 e. The molecule has 1 heterocycles. The van der Waals surface area contributed by atoms with Crippen LogP contribution in [0.15, 0.2) is 57.2 Å². The molecule has 0 aliphatic heterocycles. The number of benzene rings is 2. The molecule has 39 heavy (non-hydrogen) atoms. The van der Waals surface area contributed by atoms with Crippen molar-refractivity contribution in [2.75, 3.05) is 11.5 Å². The third kappa shape index (κ3) is 9.02. The van der Waals surface area contributed by atoms with Crippen molar-refractivity contribution in [3.8, 4) is 0 Å². The first kappa shape index (κ1) is 28.9. The highest BCUT2D eigenvalue weighted by atomic mass is 32.2. The molecule has 19 heteroatoms. The second-order valence-corrected chi connectivity index (χ2v) is 10.5. The van der Waals surface area contributed by atoms with Gasteiger partial charge in [-0.3, -0.25) is 61.1 Å². The number of non-ortho nitro benzene ring substituents is 2. The first-order chi connectivity index (χ1) is 18.6. The van der Waals surface area contributed by atoms with Crippen LogP contribution in [0.3, 0.4) is 0 Å². The van der Waals surface area contributed by atoms with Crippen molar-refractivity contribution in [2.45, 2.75) is 8.68 Å². The molecule has 2 aromatic carbocycles. The minimum Gasteiger partial charge on any atom is -0.272 e. The number of hydrazine groups is 2. The van der Waals surface area contributed by atoms with Crippen LogP contribution >= 0.6 is 34.9 Å². The Morgan fingerprint density at radius 3 is 1.51 bits per heavy atom. The van der Waals surface area contributed by atoms with Gasteiger partial charge in [0.1, 0.15) is 0 Å². The highest BCUT2D eigenvalue weighted by molar-refractivity contribution is 8.03. The van der Waals surface area contributed by atoms with Crippen LogP contribution in [0.2, 0.25) is 0 Å². The third-order valence-corrected chi connectivity index (χ3v) is 7.50. The Labute approximate surface area is 230 Å². The number of amides is 4. The molecule has 0 spiro atoms. The van der Waals surface area contributed by atoms with E-state index in [4.69, 9.17) is 0 Å². The van der Waals surface area contributed by atoms with Crippen LogP contribution in [0, 0.1) is 20.2 Å². The smallest absolute Gasteiger partial charge is 0.270 e. The molecule has 0 aliphatic carbocycles. The van der Waals surface area contributed by atoms with Crippen LogP contribution in [-0.2, 0) is 9.59 Å². The van der Waals surface area contributed by atoms with E-state index in [1.165, 1.54) is 36.4 Å². The zero-order chi connectivity index (χ0) is 28.4. The Kier molecular flexibility index (Phi) is 10.2. The average Bonchev–Trinajstić information content (AvgIpc) is 3.40. The number of hydrogen-bond donors (Lipinski definition) is 4. The van der Waals surface area contributed by atoms with Gasteiger partial charge in [-0.25, -0.2) is 0 Å². The third-order valence-electron chi connectivity index (χ3n) is 4.31. The fraction of sp³-hybridized carbons (Fsp3) is 0.100. The fourth-order valence-electron chi connectivity index (χ4n) is 2.56. The van der Waals surface area contributed by atoms with Crippen LogP contribution in [0.25, 0.3) is 0 Å². The number of carbonyl (C=O) groups excluding carboxylic acids is 4. The quantitative estimate of drug-likeness (QED) is 0.149. The molecule has 3 aromatic rings. The van der Waals surface area contributed by atoms with Crippen LogP contribution in [0.5, 0.6) is 0 Å². The van der Waals surface area contributed by atoms with E-state index in [9.17, 15) is 39.4 Å². The van der Waals surface area contributed by atoms with Gasteiger partial charge in [0.15, 0.2) is 8.68 Å². The number of aromatic nitrogens is 2. The van der Waals surface area contributed by atoms with Crippen molar-refractivity contribution in [1.82, 2.24) is 31.9 Å². The van der Waals surface area contributed by atoms with Gasteiger partial charge in [-0.2, -0.15) is 0 Å². The number of nitro groups is 2. The average molecular weight is 593 g/mol. The number of carbonyl (C=O) groups is 4. The van der Waals surface area contributed by atoms with Gasteiger partial charge >= 0.3 is 0 Å². The van der Waals surface area contributed by atoms with E-state index in [0.717, 1.165) is 47.0 Å². The normalized spacial score (nSPS) is 10.3. The highest BCUT2D eigenvalue weighted by Crippen LogP contribution is 2.28. The molecular formula is C20H16N8O8S3. The zero-order valence-corrected chi connectivity index (χ0v) is 21.8. The molecule has 0 fully saturated rings. The topological polar surface area (TPSA) is 228 Å². The summed E-state index contributed by atoms with van der Waals surface area (Å²) in [5.74, 6) is -2.85. The number of thioether (sulfide) groups is 2. The molecule has 4 amide bonds. The lowest BCUT2D eigenvalue weighted by atomic mass is 10.2. The first-order valence-electron chi connectivity index (χ1n) is 10.4. The lowest BCUT2D eigenvalue weighted by Gasteiger charge is -2.06. The predicted molar refractivity (Wildman–Crippen MR) is 139 cm³/mol.